The summed E-state index contributed by atoms with van der Waals surface area (Å²) >= 11 is 0. The number of pyridine rings is 2. The summed E-state index contributed by atoms with van der Waals surface area (Å²) in [4.78, 5) is 38.9. The third kappa shape index (κ3) is 5.00. The highest BCUT2D eigenvalue weighted by Gasteiger charge is 2.41. The number of hydrogen-bond acceptors (Lipinski definition) is 10. The average Bonchev–Trinajstić information content (AvgIpc) is 3.73. The Morgan fingerprint density at radius 1 is 1.10 bits per heavy atom. The van der Waals surface area contributed by atoms with Crippen molar-refractivity contribution in [1.82, 2.24) is 29.7 Å². The van der Waals surface area contributed by atoms with Gasteiger partial charge in [-0.1, -0.05) is 6.07 Å². The highest BCUT2D eigenvalue weighted by Crippen LogP contribution is 2.42. The molecule has 1 amide bonds. The summed E-state index contributed by atoms with van der Waals surface area (Å²) in [6, 6.07) is 6.81. The van der Waals surface area contributed by atoms with Crippen LogP contribution in [0.5, 0.6) is 0 Å². The molecule has 4 aliphatic heterocycles. The van der Waals surface area contributed by atoms with Gasteiger partial charge in [0.1, 0.15) is 11.3 Å². The standard InChI is InChI=1S/C30H38N8O3/c1-18(40)25-14-21-15-31-30(35-27(21)28(33-25)38-22-3-4-23(38)6-5-22)34-26-7-2-19-17-37(11-9-24(19)32-26)29(41)20-8-10-36(16-20)12-13-39/h2,7,14-15,18,20,22-23,39-40H,3-6,8-13,16-17H2,1H3,(H,31,32,34,35)/t18-,20-,22?,23?/m1/s1. The molecule has 0 unspecified atom stereocenters. The Labute approximate surface area is 239 Å². The van der Waals surface area contributed by atoms with Crippen LogP contribution in [0.2, 0.25) is 0 Å². The molecule has 3 saturated heterocycles. The summed E-state index contributed by atoms with van der Waals surface area (Å²) in [5.74, 6) is 2.20. The fourth-order valence-electron chi connectivity index (χ4n) is 7.18. The highest BCUT2D eigenvalue weighted by molar-refractivity contribution is 5.90. The second kappa shape index (κ2) is 10.8. The van der Waals surface area contributed by atoms with E-state index in [1.54, 1.807) is 13.1 Å². The molecule has 3 fully saturated rings. The molecule has 2 atom stereocenters. The van der Waals surface area contributed by atoms with Gasteiger partial charge >= 0.3 is 0 Å². The van der Waals surface area contributed by atoms with Crippen LogP contribution in [-0.4, -0.2) is 90.7 Å². The molecule has 216 valence electrons. The van der Waals surface area contributed by atoms with Crippen LogP contribution in [0.3, 0.4) is 0 Å². The summed E-state index contributed by atoms with van der Waals surface area (Å²) < 4.78 is 0. The summed E-state index contributed by atoms with van der Waals surface area (Å²) in [5.41, 5.74) is 3.50. The third-order valence-electron chi connectivity index (χ3n) is 9.33. The number of hydrogen-bond donors (Lipinski definition) is 3. The van der Waals surface area contributed by atoms with Crippen molar-refractivity contribution >= 4 is 34.4 Å². The predicted molar refractivity (Wildman–Crippen MR) is 155 cm³/mol. The van der Waals surface area contributed by atoms with Crippen LogP contribution >= 0.6 is 0 Å². The molecular weight excluding hydrogens is 520 g/mol. The normalized spacial score (nSPS) is 24.7. The van der Waals surface area contributed by atoms with E-state index in [-0.39, 0.29) is 18.4 Å². The molecule has 7 heterocycles. The highest BCUT2D eigenvalue weighted by atomic mass is 16.3. The minimum atomic E-state index is -0.666. The average molecular weight is 559 g/mol. The minimum absolute atomic E-state index is 0.00820. The molecule has 4 aliphatic rings. The molecule has 11 nitrogen and oxygen atoms in total. The van der Waals surface area contributed by atoms with Crippen molar-refractivity contribution in [2.24, 2.45) is 5.92 Å². The first-order valence-electron chi connectivity index (χ1n) is 15.0. The number of rotatable bonds is 7. The number of aliphatic hydroxyl groups excluding tert-OH is 2. The zero-order chi connectivity index (χ0) is 28.1. The van der Waals surface area contributed by atoms with Crippen LogP contribution < -0.4 is 10.2 Å². The van der Waals surface area contributed by atoms with Gasteiger partial charge in [-0.15, -0.1) is 0 Å². The van der Waals surface area contributed by atoms with Crippen LogP contribution in [0.25, 0.3) is 10.9 Å². The van der Waals surface area contributed by atoms with Gasteiger partial charge < -0.3 is 30.2 Å². The predicted octanol–water partition coefficient (Wildman–Crippen LogP) is 2.55. The third-order valence-corrected chi connectivity index (χ3v) is 9.33. The number of likely N-dealkylation sites (tertiary alicyclic amines) is 1. The second-order valence-electron chi connectivity index (χ2n) is 12.0. The van der Waals surface area contributed by atoms with Gasteiger partial charge in [-0.2, -0.15) is 0 Å². The van der Waals surface area contributed by atoms with Crippen molar-refractivity contribution in [3.05, 3.63) is 41.3 Å². The zero-order valence-electron chi connectivity index (χ0n) is 23.5. The molecule has 41 heavy (non-hydrogen) atoms. The number of amides is 1. The van der Waals surface area contributed by atoms with Gasteiger partial charge in [-0.05, 0) is 63.3 Å². The Balaban J connectivity index is 1.09. The Hall–Kier alpha value is -3.41. The lowest BCUT2D eigenvalue weighted by Gasteiger charge is -2.30. The number of aliphatic hydroxyl groups is 2. The number of fused-ring (bicyclic) bond motifs is 4. The Morgan fingerprint density at radius 2 is 1.90 bits per heavy atom. The Morgan fingerprint density at radius 3 is 2.66 bits per heavy atom. The SMILES string of the molecule is C[C@@H](O)c1cc2cnc(Nc3ccc4c(n3)CCN(C(=O)[C@@H]3CCN(CCO)C3)C4)nc2c(N2C3CCC2CC3)n1. The van der Waals surface area contributed by atoms with E-state index in [9.17, 15) is 15.0 Å². The smallest absolute Gasteiger partial charge is 0.229 e. The first-order valence-corrected chi connectivity index (χ1v) is 15.0. The molecule has 2 bridgehead atoms. The Kier molecular flexibility index (Phi) is 6.96. The maximum atomic E-state index is 13.2. The van der Waals surface area contributed by atoms with E-state index >= 15 is 0 Å². The minimum Gasteiger partial charge on any atom is -0.395 e. The number of anilines is 3. The van der Waals surface area contributed by atoms with Crippen molar-refractivity contribution in [3.8, 4) is 0 Å². The van der Waals surface area contributed by atoms with Crippen molar-refractivity contribution < 1.29 is 15.0 Å². The lowest BCUT2D eigenvalue weighted by Crippen LogP contribution is -2.41. The van der Waals surface area contributed by atoms with Crippen molar-refractivity contribution in [3.63, 3.8) is 0 Å². The molecule has 3 aromatic heterocycles. The lowest BCUT2D eigenvalue weighted by molar-refractivity contribution is -0.136. The van der Waals surface area contributed by atoms with Gasteiger partial charge in [0.15, 0.2) is 5.82 Å². The fraction of sp³-hybridized carbons (Fsp3) is 0.567. The van der Waals surface area contributed by atoms with Crippen LogP contribution in [0.4, 0.5) is 17.6 Å². The number of β-amino-alcohol motifs (C(OH)–C–C–N with tert-alkyl or cyclic N) is 1. The molecule has 7 rings (SSSR count). The number of nitrogens with one attached hydrogen (secondary N) is 1. The van der Waals surface area contributed by atoms with Gasteiger partial charge in [0.25, 0.3) is 0 Å². The van der Waals surface area contributed by atoms with Gasteiger partial charge in [0.05, 0.1) is 24.3 Å². The lowest BCUT2D eigenvalue weighted by atomic mass is 10.0. The van der Waals surface area contributed by atoms with E-state index in [4.69, 9.17) is 15.0 Å². The number of aromatic nitrogens is 4. The molecule has 0 spiro atoms. The summed E-state index contributed by atoms with van der Waals surface area (Å²) in [6.45, 7) is 5.33. The maximum absolute atomic E-state index is 13.2. The van der Waals surface area contributed by atoms with Crippen molar-refractivity contribution in [2.75, 3.05) is 43.0 Å². The number of carbonyl (C=O) groups excluding carboxylic acids is 1. The second-order valence-corrected chi connectivity index (χ2v) is 12.0. The van der Waals surface area contributed by atoms with Gasteiger partial charge in [-0.3, -0.25) is 4.79 Å². The molecule has 0 aliphatic carbocycles. The summed E-state index contributed by atoms with van der Waals surface area (Å²) in [6.07, 6.45) is 7.39. The van der Waals surface area contributed by atoms with Gasteiger partial charge in [-0.25, -0.2) is 19.9 Å². The Bertz CT molecular complexity index is 1450. The van der Waals surface area contributed by atoms with Crippen molar-refractivity contribution in [1.29, 1.82) is 0 Å². The molecule has 11 heteroatoms. The first-order chi connectivity index (χ1) is 20.0. The summed E-state index contributed by atoms with van der Waals surface area (Å²) in [7, 11) is 0. The van der Waals surface area contributed by atoms with E-state index in [0.717, 1.165) is 47.5 Å². The molecule has 0 aromatic carbocycles. The number of nitrogens with zero attached hydrogens (tertiary/aromatic N) is 7. The monoisotopic (exact) mass is 558 g/mol. The van der Waals surface area contributed by atoms with Crippen LogP contribution in [0.1, 0.15) is 62.1 Å². The van der Waals surface area contributed by atoms with Crippen LogP contribution in [0.15, 0.2) is 24.4 Å². The summed E-state index contributed by atoms with van der Waals surface area (Å²) in [5, 5.41) is 23.7. The molecule has 0 saturated carbocycles. The van der Waals surface area contributed by atoms with Crippen LogP contribution in [-0.2, 0) is 17.8 Å². The van der Waals surface area contributed by atoms with Gasteiger partial charge in [0.2, 0.25) is 11.9 Å². The van der Waals surface area contributed by atoms with Gasteiger partial charge in [0, 0.05) is 62.0 Å². The maximum Gasteiger partial charge on any atom is 0.229 e. The van der Waals surface area contributed by atoms with E-state index in [0.29, 0.717) is 55.6 Å². The van der Waals surface area contributed by atoms with E-state index < -0.39 is 6.10 Å². The molecule has 3 aromatic rings. The zero-order valence-corrected chi connectivity index (χ0v) is 23.5. The van der Waals surface area contributed by atoms with E-state index in [2.05, 4.69) is 20.1 Å². The van der Waals surface area contributed by atoms with Crippen LogP contribution in [0, 0.1) is 5.92 Å². The van der Waals surface area contributed by atoms with E-state index in [1.165, 1.54) is 25.7 Å². The molecular formula is C30H38N8O3. The quantitative estimate of drug-likeness (QED) is 0.398. The number of carbonyl (C=O) groups is 1. The molecule has 3 N–H and O–H groups in total. The topological polar surface area (TPSA) is 131 Å². The van der Waals surface area contributed by atoms with Crippen molar-refractivity contribution in [2.45, 2.75) is 70.2 Å². The fourth-order valence-corrected chi connectivity index (χ4v) is 7.18. The molecule has 0 radical (unpaired) electrons. The van der Waals surface area contributed by atoms with E-state index in [1.807, 2.05) is 23.1 Å². The largest absolute Gasteiger partial charge is 0.395 e. The first kappa shape index (κ1) is 26.5.